The van der Waals surface area contributed by atoms with E-state index in [0.717, 1.165) is 18.0 Å². The number of hydrogen-bond acceptors (Lipinski definition) is 4. The third kappa shape index (κ3) is 4.06. The molecule has 7 heteroatoms. The largest absolute Gasteiger partial charge is 0.368 e. The minimum Gasteiger partial charge on any atom is -0.368 e. The molecule has 25 heavy (non-hydrogen) atoms. The van der Waals surface area contributed by atoms with E-state index in [2.05, 4.69) is 33.8 Å². The number of aliphatic imine (C=N–C) groups is 1. The Morgan fingerprint density at radius 1 is 1.12 bits per heavy atom. The van der Waals surface area contributed by atoms with Crippen LogP contribution in [0.25, 0.3) is 0 Å². The van der Waals surface area contributed by atoms with E-state index in [1.54, 1.807) is 7.05 Å². The van der Waals surface area contributed by atoms with Crippen LogP contribution in [0.3, 0.4) is 0 Å². The normalized spacial score (nSPS) is 15.2. The van der Waals surface area contributed by atoms with Crippen LogP contribution in [-0.2, 0) is 0 Å². The Hall–Kier alpha value is -2.67. The molecule has 0 spiro atoms. The van der Waals surface area contributed by atoms with Crippen molar-refractivity contribution in [2.24, 2.45) is 10.1 Å². The van der Waals surface area contributed by atoms with Gasteiger partial charge in [-0.1, -0.05) is 24.3 Å². The summed E-state index contributed by atoms with van der Waals surface area (Å²) in [6.07, 6.45) is 0. The van der Waals surface area contributed by atoms with Crippen LogP contribution in [0.15, 0.2) is 57.9 Å². The number of benzene rings is 1. The quantitative estimate of drug-likeness (QED) is 0.483. The van der Waals surface area contributed by atoms with Gasteiger partial charge in [0.15, 0.2) is 5.84 Å². The summed E-state index contributed by atoms with van der Waals surface area (Å²) in [5, 5.41) is 7.61. The molecule has 2 amide bonds. The van der Waals surface area contributed by atoms with Gasteiger partial charge in [-0.2, -0.15) is 0 Å². The number of piperazine rings is 1. The zero-order chi connectivity index (χ0) is 17.6. The summed E-state index contributed by atoms with van der Waals surface area (Å²) < 4.78 is 0. The third-order valence-corrected chi connectivity index (χ3v) is 4.95. The summed E-state index contributed by atoms with van der Waals surface area (Å²) in [6, 6.07) is 14.0. The SMILES string of the molecule is C=NC(=NN(C)C(=O)N1CCN(c2ccccc2)CC1)c1cccs1. The van der Waals surface area contributed by atoms with Crippen LogP contribution in [-0.4, -0.2) is 61.7 Å². The maximum Gasteiger partial charge on any atom is 0.340 e. The summed E-state index contributed by atoms with van der Waals surface area (Å²) in [7, 11) is 1.66. The molecule has 0 N–H and O–H groups in total. The summed E-state index contributed by atoms with van der Waals surface area (Å²) in [4.78, 5) is 21.6. The number of amides is 2. The highest BCUT2D eigenvalue weighted by molar-refractivity contribution is 7.12. The zero-order valence-electron chi connectivity index (χ0n) is 14.2. The molecule has 1 aromatic heterocycles. The van der Waals surface area contributed by atoms with E-state index >= 15 is 0 Å². The second-order valence-corrected chi connectivity index (χ2v) is 6.62. The van der Waals surface area contributed by atoms with Gasteiger partial charge in [0.05, 0.1) is 4.88 Å². The van der Waals surface area contributed by atoms with Crippen LogP contribution < -0.4 is 4.90 Å². The monoisotopic (exact) mass is 355 g/mol. The van der Waals surface area contributed by atoms with Crippen molar-refractivity contribution >= 4 is 35.6 Å². The first-order chi connectivity index (χ1) is 12.2. The fraction of sp³-hybridized carbons (Fsp3) is 0.278. The first-order valence-corrected chi connectivity index (χ1v) is 8.99. The summed E-state index contributed by atoms with van der Waals surface area (Å²) in [5.41, 5.74) is 1.19. The molecule has 6 nitrogen and oxygen atoms in total. The molecule has 1 saturated heterocycles. The molecule has 0 radical (unpaired) electrons. The van der Waals surface area contributed by atoms with Crippen LogP contribution in [0.4, 0.5) is 10.5 Å². The molecule has 1 aliphatic heterocycles. The topological polar surface area (TPSA) is 51.5 Å². The number of anilines is 1. The van der Waals surface area contributed by atoms with Crippen molar-refractivity contribution in [2.45, 2.75) is 0 Å². The smallest absolute Gasteiger partial charge is 0.340 e. The number of urea groups is 1. The van der Waals surface area contributed by atoms with Gasteiger partial charge in [0, 0.05) is 38.9 Å². The number of thiophene rings is 1. The van der Waals surface area contributed by atoms with Gasteiger partial charge < -0.3 is 9.80 Å². The average molecular weight is 355 g/mol. The molecule has 0 unspecified atom stereocenters. The second kappa shape index (κ2) is 7.94. The van der Waals surface area contributed by atoms with Crippen molar-refractivity contribution in [3.05, 3.63) is 52.7 Å². The van der Waals surface area contributed by atoms with E-state index < -0.39 is 0 Å². The zero-order valence-corrected chi connectivity index (χ0v) is 15.0. The predicted octanol–water partition coefficient (Wildman–Crippen LogP) is 2.98. The second-order valence-electron chi connectivity index (χ2n) is 5.67. The molecule has 0 bridgehead atoms. The number of nitrogens with zero attached hydrogens (tertiary/aromatic N) is 5. The van der Waals surface area contributed by atoms with Crippen LogP contribution in [0.5, 0.6) is 0 Å². The van der Waals surface area contributed by atoms with E-state index in [1.165, 1.54) is 22.0 Å². The minimum atomic E-state index is -0.120. The Balaban J connectivity index is 1.61. The van der Waals surface area contributed by atoms with Gasteiger partial charge in [-0.3, -0.25) is 0 Å². The van der Waals surface area contributed by atoms with Crippen LogP contribution in [0, 0.1) is 0 Å². The fourth-order valence-electron chi connectivity index (χ4n) is 2.75. The molecule has 130 valence electrons. The van der Waals surface area contributed by atoms with Gasteiger partial charge >= 0.3 is 6.03 Å². The first kappa shape index (κ1) is 17.2. The van der Waals surface area contributed by atoms with Gasteiger partial charge in [0.25, 0.3) is 0 Å². The highest BCUT2D eigenvalue weighted by Gasteiger charge is 2.24. The van der Waals surface area contributed by atoms with E-state index in [1.807, 2.05) is 40.6 Å². The maximum absolute atomic E-state index is 12.6. The third-order valence-electron chi connectivity index (χ3n) is 4.08. The summed E-state index contributed by atoms with van der Waals surface area (Å²) >= 11 is 1.52. The lowest BCUT2D eigenvalue weighted by molar-refractivity contribution is 0.161. The van der Waals surface area contributed by atoms with Crippen molar-refractivity contribution in [1.29, 1.82) is 0 Å². The summed E-state index contributed by atoms with van der Waals surface area (Å²) in [5.74, 6) is 0.466. The maximum atomic E-state index is 12.6. The number of carbonyl (C=O) groups is 1. The van der Waals surface area contributed by atoms with Crippen molar-refractivity contribution in [2.75, 3.05) is 38.1 Å². The number of para-hydroxylation sites is 1. The lowest BCUT2D eigenvalue weighted by atomic mass is 10.2. The average Bonchev–Trinajstić information content (AvgIpc) is 3.20. The van der Waals surface area contributed by atoms with Crippen LogP contribution in [0.1, 0.15) is 4.88 Å². The Morgan fingerprint density at radius 2 is 1.84 bits per heavy atom. The van der Waals surface area contributed by atoms with Crippen molar-refractivity contribution in [3.8, 4) is 0 Å². The van der Waals surface area contributed by atoms with E-state index in [-0.39, 0.29) is 6.03 Å². The molecular weight excluding hydrogens is 334 g/mol. The van der Waals surface area contributed by atoms with Gasteiger partial charge in [-0.15, -0.1) is 16.4 Å². The minimum absolute atomic E-state index is 0.120. The van der Waals surface area contributed by atoms with Crippen molar-refractivity contribution in [1.82, 2.24) is 9.91 Å². The molecule has 0 aliphatic carbocycles. The molecule has 2 aromatic rings. The van der Waals surface area contributed by atoms with E-state index in [0.29, 0.717) is 18.9 Å². The molecule has 3 rings (SSSR count). The number of rotatable bonds is 3. The molecule has 0 saturated carbocycles. The predicted molar refractivity (Wildman–Crippen MR) is 104 cm³/mol. The number of amidine groups is 1. The lowest BCUT2D eigenvalue weighted by Crippen LogP contribution is -2.51. The van der Waals surface area contributed by atoms with Crippen LogP contribution in [0.2, 0.25) is 0 Å². The van der Waals surface area contributed by atoms with Crippen molar-refractivity contribution in [3.63, 3.8) is 0 Å². The standard InChI is InChI=1S/C18H21N5OS/c1-19-17(16-9-6-14-25-16)20-21(2)18(24)23-12-10-22(11-13-23)15-7-4-3-5-8-15/h3-9,14H,1,10-13H2,2H3. The fourth-order valence-corrected chi connectivity index (χ4v) is 3.42. The highest BCUT2D eigenvalue weighted by atomic mass is 32.1. The van der Waals surface area contributed by atoms with Crippen molar-refractivity contribution < 1.29 is 4.79 Å². The lowest BCUT2D eigenvalue weighted by Gasteiger charge is -2.36. The number of hydrazone groups is 1. The summed E-state index contributed by atoms with van der Waals surface area (Å²) in [6.45, 7) is 6.51. The first-order valence-electron chi connectivity index (χ1n) is 8.11. The van der Waals surface area contributed by atoms with Gasteiger partial charge in [0.1, 0.15) is 0 Å². The number of hydrogen-bond donors (Lipinski definition) is 0. The van der Waals surface area contributed by atoms with E-state index in [4.69, 9.17) is 0 Å². The Kier molecular flexibility index (Phi) is 5.45. The Bertz CT molecular complexity index is 736. The van der Waals surface area contributed by atoms with Gasteiger partial charge in [-0.25, -0.2) is 14.8 Å². The molecule has 1 fully saturated rings. The molecule has 2 heterocycles. The Labute approximate surface area is 151 Å². The molecule has 1 aliphatic rings. The Morgan fingerprint density at radius 3 is 2.44 bits per heavy atom. The van der Waals surface area contributed by atoms with Gasteiger partial charge in [-0.05, 0) is 30.3 Å². The molecule has 0 atom stereocenters. The molecular formula is C18H21N5OS. The van der Waals surface area contributed by atoms with E-state index in [9.17, 15) is 4.79 Å². The van der Waals surface area contributed by atoms with Crippen LogP contribution >= 0.6 is 11.3 Å². The van der Waals surface area contributed by atoms with Gasteiger partial charge in [0.2, 0.25) is 0 Å². The number of carbonyl (C=O) groups excluding carboxylic acids is 1. The molecule has 1 aromatic carbocycles. The highest BCUT2D eigenvalue weighted by Crippen LogP contribution is 2.16.